The van der Waals surface area contributed by atoms with Gasteiger partial charge in [0.05, 0.1) is 11.3 Å². The van der Waals surface area contributed by atoms with E-state index in [2.05, 4.69) is 44.9 Å². The van der Waals surface area contributed by atoms with Crippen LogP contribution in [0.1, 0.15) is 32.0 Å². The molecule has 0 spiro atoms. The molecule has 0 amide bonds. The highest BCUT2D eigenvalue weighted by Gasteiger charge is 2.39. The van der Waals surface area contributed by atoms with E-state index in [9.17, 15) is 0 Å². The molecule has 0 aliphatic rings. The van der Waals surface area contributed by atoms with Gasteiger partial charge in [-0.05, 0) is 31.1 Å². The van der Waals surface area contributed by atoms with Gasteiger partial charge in [-0.25, -0.2) is 4.98 Å². The minimum absolute atomic E-state index is 0.149. The van der Waals surface area contributed by atoms with Crippen LogP contribution in [0.3, 0.4) is 0 Å². The molecule has 1 aromatic heterocycles. The van der Waals surface area contributed by atoms with Gasteiger partial charge in [-0.1, -0.05) is 20.8 Å². The minimum Gasteiger partial charge on any atom is -0.531 e. The first kappa shape index (κ1) is 13.7. The molecular formula is C13H20N2OSi. The lowest BCUT2D eigenvalue weighted by Gasteiger charge is -2.35. The van der Waals surface area contributed by atoms with Gasteiger partial charge in [0.25, 0.3) is 8.32 Å². The smallest absolute Gasteiger partial charge is 0.252 e. The highest BCUT2D eigenvalue weighted by atomic mass is 28.4. The molecule has 0 saturated heterocycles. The molecule has 0 aliphatic heterocycles. The van der Waals surface area contributed by atoms with Crippen LogP contribution in [0.2, 0.25) is 18.1 Å². The van der Waals surface area contributed by atoms with Crippen LogP contribution in [0.5, 0.6) is 5.88 Å². The molecule has 0 unspecified atom stereocenters. The monoisotopic (exact) mass is 248 g/mol. The quantitative estimate of drug-likeness (QED) is 0.751. The molecule has 92 valence electrons. The van der Waals surface area contributed by atoms with E-state index in [1.54, 1.807) is 12.1 Å². The summed E-state index contributed by atoms with van der Waals surface area (Å²) in [6.45, 7) is 12.8. The lowest BCUT2D eigenvalue weighted by Crippen LogP contribution is -2.44. The topological polar surface area (TPSA) is 45.9 Å². The fraction of sp³-hybridized carbons (Fsp3) is 0.538. The van der Waals surface area contributed by atoms with E-state index in [1.807, 2.05) is 6.92 Å². The van der Waals surface area contributed by atoms with E-state index in [0.717, 1.165) is 5.69 Å². The van der Waals surface area contributed by atoms with Crippen LogP contribution in [0.4, 0.5) is 0 Å². The summed E-state index contributed by atoms with van der Waals surface area (Å²) in [5.74, 6) is 0.632. The van der Waals surface area contributed by atoms with Crippen molar-refractivity contribution in [1.29, 1.82) is 5.26 Å². The van der Waals surface area contributed by atoms with E-state index >= 15 is 0 Å². The van der Waals surface area contributed by atoms with Crippen molar-refractivity contribution in [3.05, 3.63) is 23.4 Å². The van der Waals surface area contributed by atoms with Gasteiger partial charge in [-0.3, -0.25) is 0 Å². The standard InChI is InChI=1S/C13H20N2OSi/c1-10-11(9-14)7-8-12(15-10)16-17(5,6)13(2,3)4/h7-8H,1-6H3. The van der Waals surface area contributed by atoms with E-state index < -0.39 is 8.32 Å². The van der Waals surface area contributed by atoms with Crippen LogP contribution in [0, 0.1) is 18.3 Å². The Labute approximate surface area is 105 Å². The Morgan fingerprint density at radius 2 is 1.88 bits per heavy atom. The van der Waals surface area contributed by atoms with Gasteiger partial charge in [0.2, 0.25) is 0 Å². The summed E-state index contributed by atoms with van der Waals surface area (Å²) in [4.78, 5) is 4.33. The molecule has 1 aromatic rings. The molecule has 1 rings (SSSR count). The van der Waals surface area contributed by atoms with Gasteiger partial charge in [-0.15, -0.1) is 0 Å². The molecule has 0 aliphatic carbocycles. The maximum atomic E-state index is 8.85. The largest absolute Gasteiger partial charge is 0.531 e. The van der Waals surface area contributed by atoms with E-state index in [4.69, 9.17) is 9.69 Å². The predicted molar refractivity (Wildman–Crippen MR) is 71.5 cm³/mol. The van der Waals surface area contributed by atoms with Crippen molar-refractivity contribution in [1.82, 2.24) is 4.98 Å². The van der Waals surface area contributed by atoms with Crippen molar-refractivity contribution in [3.8, 4) is 11.9 Å². The molecule has 3 nitrogen and oxygen atoms in total. The predicted octanol–water partition coefficient (Wildman–Crippen LogP) is 3.65. The molecule has 1 heterocycles. The zero-order valence-corrected chi connectivity index (χ0v) is 12.5. The maximum Gasteiger partial charge on any atom is 0.252 e. The SMILES string of the molecule is Cc1nc(O[Si](C)(C)C(C)(C)C)ccc1C#N. The van der Waals surface area contributed by atoms with Crippen molar-refractivity contribution in [2.75, 3.05) is 0 Å². The third-order valence-corrected chi connectivity index (χ3v) is 7.68. The Bertz CT molecular complexity index is 455. The average molecular weight is 248 g/mol. The number of aryl methyl sites for hydroxylation is 1. The Morgan fingerprint density at radius 3 is 2.29 bits per heavy atom. The van der Waals surface area contributed by atoms with Crippen LogP contribution in [-0.2, 0) is 0 Å². The maximum absolute atomic E-state index is 8.85. The van der Waals surface area contributed by atoms with E-state index in [1.165, 1.54) is 0 Å². The van der Waals surface area contributed by atoms with Crippen molar-refractivity contribution in [2.45, 2.75) is 45.8 Å². The number of aromatic nitrogens is 1. The number of hydrogen-bond acceptors (Lipinski definition) is 3. The normalized spacial score (nSPS) is 12.1. The zero-order chi connectivity index (χ0) is 13.3. The van der Waals surface area contributed by atoms with Crippen molar-refractivity contribution in [3.63, 3.8) is 0 Å². The molecule has 17 heavy (non-hydrogen) atoms. The van der Waals surface area contributed by atoms with Crippen LogP contribution in [0.15, 0.2) is 12.1 Å². The Morgan fingerprint density at radius 1 is 1.29 bits per heavy atom. The zero-order valence-electron chi connectivity index (χ0n) is 11.5. The van der Waals surface area contributed by atoms with Crippen LogP contribution < -0.4 is 4.43 Å². The number of rotatable bonds is 2. The van der Waals surface area contributed by atoms with Gasteiger partial charge in [0.15, 0.2) is 5.88 Å². The summed E-state index contributed by atoms with van der Waals surface area (Å²) >= 11 is 0. The number of pyridine rings is 1. The summed E-state index contributed by atoms with van der Waals surface area (Å²) < 4.78 is 6.06. The molecule has 0 N–H and O–H groups in total. The fourth-order valence-corrected chi connectivity index (χ4v) is 2.07. The fourth-order valence-electron chi connectivity index (χ4n) is 1.13. The first-order valence-electron chi connectivity index (χ1n) is 5.74. The second-order valence-corrected chi connectivity index (χ2v) is 10.5. The van der Waals surface area contributed by atoms with Crippen LogP contribution >= 0.6 is 0 Å². The number of hydrogen-bond donors (Lipinski definition) is 0. The molecule has 0 bridgehead atoms. The molecular weight excluding hydrogens is 228 g/mol. The lowest BCUT2D eigenvalue weighted by atomic mass is 10.2. The van der Waals surface area contributed by atoms with Crippen LogP contribution in [0.25, 0.3) is 0 Å². The Kier molecular flexibility index (Phi) is 3.63. The third-order valence-electron chi connectivity index (χ3n) is 3.35. The highest BCUT2D eigenvalue weighted by Crippen LogP contribution is 2.36. The second kappa shape index (κ2) is 4.50. The Balaban J connectivity index is 2.98. The van der Waals surface area contributed by atoms with Crippen molar-refractivity contribution >= 4 is 8.32 Å². The number of nitriles is 1. The number of nitrogens with zero attached hydrogens (tertiary/aromatic N) is 2. The lowest BCUT2D eigenvalue weighted by molar-refractivity contribution is 0.475. The van der Waals surface area contributed by atoms with E-state index in [-0.39, 0.29) is 5.04 Å². The summed E-state index contributed by atoms with van der Waals surface area (Å²) in [5, 5.41) is 9.00. The van der Waals surface area contributed by atoms with Crippen molar-refractivity contribution < 1.29 is 4.43 Å². The molecule has 0 fully saturated rings. The van der Waals surface area contributed by atoms with Crippen LogP contribution in [-0.4, -0.2) is 13.3 Å². The summed E-state index contributed by atoms with van der Waals surface area (Å²) in [7, 11) is -1.84. The second-order valence-electron chi connectivity index (χ2n) is 5.76. The summed E-state index contributed by atoms with van der Waals surface area (Å²) in [5.41, 5.74) is 1.33. The van der Waals surface area contributed by atoms with Gasteiger partial charge in [0, 0.05) is 6.07 Å². The van der Waals surface area contributed by atoms with Gasteiger partial charge in [-0.2, -0.15) is 5.26 Å². The summed E-state index contributed by atoms with van der Waals surface area (Å²) in [6, 6.07) is 5.66. The third kappa shape index (κ3) is 3.07. The Hall–Kier alpha value is -1.34. The van der Waals surface area contributed by atoms with Gasteiger partial charge >= 0.3 is 0 Å². The van der Waals surface area contributed by atoms with Crippen molar-refractivity contribution in [2.24, 2.45) is 0 Å². The summed E-state index contributed by atoms with van der Waals surface area (Å²) in [6.07, 6.45) is 0. The molecule has 0 aromatic carbocycles. The minimum atomic E-state index is -1.84. The first-order valence-corrected chi connectivity index (χ1v) is 8.65. The van der Waals surface area contributed by atoms with Gasteiger partial charge < -0.3 is 4.43 Å². The average Bonchev–Trinajstić information content (AvgIpc) is 2.15. The van der Waals surface area contributed by atoms with E-state index in [0.29, 0.717) is 11.4 Å². The molecule has 0 radical (unpaired) electrons. The van der Waals surface area contributed by atoms with Gasteiger partial charge in [0.1, 0.15) is 6.07 Å². The molecule has 4 heteroatoms. The highest BCUT2D eigenvalue weighted by molar-refractivity contribution is 6.74. The molecule has 0 saturated carbocycles. The first-order chi connectivity index (χ1) is 7.67. The molecule has 0 atom stereocenters.